The van der Waals surface area contributed by atoms with Gasteiger partial charge in [-0.2, -0.15) is 4.80 Å². The van der Waals surface area contributed by atoms with Crippen molar-refractivity contribution < 1.29 is 4.74 Å². The number of benzene rings is 2. The fourth-order valence-corrected chi connectivity index (χ4v) is 2.23. The van der Waals surface area contributed by atoms with E-state index in [0.717, 1.165) is 26.9 Å². The first-order valence-corrected chi connectivity index (χ1v) is 6.44. The Morgan fingerprint density at radius 3 is 2.84 bits per heavy atom. The molecule has 1 heterocycles. The molecular formula is C13H11BrN4O. The van der Waals surface area contributed by atoms with Crippen LogP contribution < -0.4 is 10.5 Å². The van der Waals surface area contributed by atoms with E-state index in [9.17, 15) is 0 Å². The molecule has 0 aliphatic rings. The van der Waals surface area contributed by atoms with Crippen LogP contribution in [-0.4, -0.2) is 22.1 Å². The van der Waals surface area contributed by atoms with Gasteiger partial charge in [-0.1, -0.05) is 6.07 Å². The first kappa shape index (κ1) is 12.0. The lowest BCUT2D eigenvalue weighted by Gasteiger charge is -2.02. The van der Waals surface area contributed by atoms with Gasteiger partial charge in [0.25, 0.3) is 0 Å². The van der Waals surface area contributed by atoms with Gasteiger partial charge in [-0.3, -0.25) is 0 Å². The summed E-state index contributed by atoms with van der Waals surface area (Å²) in [5.41, 5.74) is 8.83. The number of hydrogen-bond donors (Lipinski definition) is 1. The number of halogens is 1. The van der Waals surface area contributed by atoms with Gasteiger partial charge in [-0.15, -0.1) is 10.2 Å². The Bertz CT molecular complexity index is 753. The van der Waals surface area contributed by atoms with E-state index >= 15 is 0 Å². The van der Waals surface area contributed by atoms with Crippen molar-refractivity contribution in [2.24, 2.45) is 0 Å². The van der Waals surface area contributed by atoms with Crippen LogP contribution in [0.5, 0.6) is 5.75 Å². The van der Waals surface area contributed by atoms with E-state index in [4.69, 9.17) is 10.5 Å². The Labute approximate surface area is 118 Å². The van der Waals surface area contributed by atoms with Crippen LogP contribution in [0.2, 0.25) is 0 Å². The van der Waals surface area contributed by atoms with Crippen molar-refractivity contribution in [3.8, 4) is 11.4 Å². The minimum atomic E-state index is 0.644. The highest BCUT2D eigenvalue weighted by Gasteiger charge is 2.10. The van der Waals surface area contributed by atoms with Crippen LogP contribution >= 0.6 is 15.9 Å². The number of nitrogens with zero attached hydrogens (tertiary/aromatic N) is 3. The number of rotatable bonds is 2. The number of nitrogen functional groups attached to an aromatic ring is 1. The lowest BCUT2D eigenvalue weighted by atomic mass is 10.3. The third kappa shape index (κ3) is 2.04. The number of aromatic nitrogens is 3. The monoisotopic (exact) mass is 318 g/mol. The molecule has 2 aromatic carbocycles. The number of ether oxygens (including phenoxy) is 1. The van der Waals surface area contributed by atoms with E-state index in [-0.39, 0.29) is 0 Å². The maximum absolute atomic E-state index is 5.84. The molecule has 0 fully saturated rings. The van der Waals surface area contributed by atoms with Crippen molar-refractivity contribution in [1.29, 1.82) is 0 Å². The normalized spacial score (nSPS) is 10.8. The molecule has 5 nitrogen and oxygen atoms in total. The third-order valence-corrected chi connectivity index (χ3v) is 3.64. The highest BCUT2D eigenvalue weighted by Crippen LogP contribution is 2.27. The molecule has 0 aliphatic carbocycles. The second-order valence-electron chi connectivity index (χ2n) is 4.03. The van der Waals surface area contributed by atoms with Crippen molar-refractivity contribution in [2.75, 3.05) is 12.8 Å². The standard InChI is InChI=1S/C13H11BrN4O/c1-19-9-4-2-3-8(7-9)18-16-11-6-5-10(15)12(14)13(11)17-18/h2-7H,15H2,1H3. The zero-order chi connectivity index (χ0) is 13.4. The molecule has 19 heavy (non-hydrogen) atoms. The minimum Gasteiger partial charge on any atom is -0.497 e. The molecule has 6 heteroatoms. The highest BCUT2D eigenvalue weighted by atomic mass is 79.9. The first-order valence-electron chi connectivity index (χ1n) is 5.64. The van der Waals surface area contributed by atoms with Gasteiger partial charge < -0.3 is 10.5 Å². The van der Waals surface area contributed by atoms with E-state index in [1.54, 1.807) is 18.0 Å². The summed E-state index contributed by atoms with van der Waals surface area (Å²) in [5, 5.41) is 8.87. The summed E-state index contributed by atoms with van der Waals surface area (Å²) in [5.74, 6) is 0.762. The molecule has 0 amide bonds. The van der Waals surface area contributed by atoms with Crippen molar-refractivity contribution in [1.82, 2.24) is 15.0 Å². The predicted octanol–water partition coefficient (Wildman–Crippen LogP) is 2.77. The molecule has 96 valence electrons. The molecule has 0 atom stereocenters. The molecule has 0 spiro atoms. The Morgan fingerprint density at radius 2 is 2.05 bits per heavy atom. The van der Waals surface area contributed by atoms with Crippen LogP contribution in [0.4, 0.5) is 5.69 Å². The van der Waals surface area contributed by atoms with Gasteiger partial charge in [-0.05, 0) is 40.2 Å². The Kier molecular flexibility index (Phi) is 2.87. The summed E-state index contributed by atoms with van der Waals surface area (Å²) < 4.78 is 5.96. The van der Waals surface area contributed by atoms with E-state index in [1.807, 2.05) is 30.3 Å². The van der Waals surface area contributed by atoms with Crippen LogP contribution in [0.1, 0.15) is 0 Å². The SMILES string of the molecule is COc1cccc(-n2nc3ccc(N)c(Br)c3n2)c1. The largest absolute Gasteiger partial charge is 0.497 e. The summed E-state index contributed by atoms with van der Waals surface area (Å²) >= 11 is 3.43. The number of fused-ring (bicyclic) bond motifs is 1. The summed E-state index contributed by atoms with van der Waals surface area (Å²) in [4.78, 5) is 1.57. The molecule has 1 aromatic heterocycles. The Hall–Kier alpha value is -2.08. The zero-order valence-electron chi connectivity index (χ0n) is 10.2. The summed E-state index contributed by atoms with van der Waals surface area (Å²) in [7, 11) is 1.63. The van der Waals surface area contributed by atoms with E-state index in [1.165, 1.54) is 0 Å². The van der Waals surface area contributed by atoms with Crippen LogP contribution in [0.15, 0.2) is 40.9 Å². The quantitative estimate of drug-likeness (QED) is 0.738. The Morgan fingerprint density at radius 1 is 1.21 bits per heavy atom. The lowest BCUT2D eigenvalue weighted by Crippen LogP contribution is -1.98. The predicted molar refractivity (Wildman–Crippen MR) is 77.5 cm³/mol. The molecule has 0 saturated carbocycles. The second kappa shape index (κ2) is 4.55. The summed E-state index contributed by atoms with van der Waals surface area (Å²) in [6, 6.07) is 11.2. The molecule has 0 saturated heterocycles. The van der Waals surface area contributed by atoms with Crippen molar-refractivity contribution in [3.63, 3.8) is 0 Å². The van der Waals surface area contributed by atoms with Crippen LogP contribution in [-0.2, 0) is 0 Å². The van der Waals surface area contributed by atoms with Gasteiger partial charge in [0, 0.05) is 11.8 Å². The van der Waals surface area contributed by atoms with E-state index < -0.39 is 0 Å². The smallest absolute Gasteiger partial charge is 0.129 e. The van der Waals surface area contributed by atoms with Gasteiger partial charge in [0.1, 0.15) is 16.8 Å². The maximum atomic E-state index is 5.84. The number of methoxy groups -OCH3 is 1. The lowest BCUT2D eigenvalue weighted by molar-refractivity contribution is 0.414. The van der Waals surface area contributed by atoms with E-state index in [2.05, 4.69) is 26.1 Å². The van der Waals surface area contributed by atoms with Gasteiger partial charge in [0.2, 0.25) is 0 Å². The molecule has 0 radical (unpaired) electrons. The van der Waals surface area contributed by atoms with Crippen molar-refractivity contribution in [3.05, 3.63) is 40.9 Å². The topological polar surface area (TPSA) is 66.0 Å². The minimum absolute atomic E-state index is 0.644. The second-order valence-corrected chi connectivity index (χ2v) is 4.82. The van der Waals surface area contributed by atoms with Crippen molar-refractivity contribution >= 4 is 32.7 Å². The zero-order valence-corrected chi connectivity index (χ0v) is 11.8. The molecule has 0 aliphatic heterocycles. The average Bonchev–Trinajstić information content (AvgIpc) is 2.88. The molecular weight excluding hydrogens is 308 g/mol. The Balaban J connectivity index is 2.17. The molecule has 2 N–H and O–H groups in total. The van der Waals surface area contributed by atoms with E-state index in [0.29, 0.717) is 5.69 Å². The molecule has 0 bridgehead atoms. The van der Waals surface area contributed by atoms with Gasteiger partial charge in [-0.25, -0.2) is 0 Å². The van der Waals surface area contributed by atoms with Crippen LogP contribution in [0, 0.1) is 0 Å². The number of anilines is 1. The summed E-state index contributed by atoms with van der Waals surface area (Å²) in [6.07, 6.45) is 0. The van der Waals surface area contributed by atoms with Gasteiger partial charge in [0.05, 0.1) is 17.3 Å². The molecule has 0 unspecified atom stereocenters. The fourth-order valence-electron chi connectivity index (χ4n) is 1.82. The maximum Gasteiger partial charge on any atom is 0.129 e. The fraction of sp³-hybridized carbons (Fsp3) is 0.0769. The highest BCUT2D eigenvalue weighted by molar-refractivity contribution is 9.10. The van der Waals surface area contributed by atoms with Gasteiger partial charge in [0.15, 0.2) is 0 Å². The first-order chi connectivity index (χ1) is 9.19. The van der Waals surface area contributed by atoms with Crippen LogP contribution in [0.3, 0.4) is 0 Å². The molecule has 3 rings (SSSR count). The third-order valence-electron chi connectivity index (χ3n) is 2.81. The summed E-state index contributed by atoms with van der Waals surface area (Å²) in [6.45, 7) is 0. The number of nitrogens with two attached hydrogens (primary N) is 1. The average molecular weight is 319 g/mol. The van der Waals surface area contributed by atoms with Crippen LogP contribution in [0.25, 0.3) is 16.7 Å². The molecule has 3 aromatic rings. The number of hydrogen-bond acceptors (Lipinski definition) is 4. The van der Waals surface area contributed by atoms with Crippen molar-refractivity contribution in [2.45, 2.75) is 0 Å². The van der Waals surface area contributed by atoms with Gasteiger partial charge >= 0.3 is 0 Å².